The average molecular weight is 387 g/mol. The van der Waals surface area contributed by atoms with Gasteiger partial charge < -0.3 is 9.64 Å². The van der Waals surface area contributed by atoms with E-state index in [0.29, 0.717) is 0 Å². The Morgan fingerprint density at radius 3 is 2.72 bits per heavy atom. The molecular weight excluding hydrogens is 362 g/mol. The summed E-state index contributed by atoms with van der Waals surface area (Å²) in [4.78, 5) is 7.44. The highest BCUT2D eigenvalue weighted by Crippen LogP contribution is 2.33. The van der Waals surface area contributed by atoms with Crippen molar-refractivity contribution in [1.29, 1.82) is 0 Å². The molecule has 1 saturated heterocycles. The van der Waals surface area contributed by atoms with Crippen LogP contribution in [0.3, 0.4) is 0 Å². The zero-order valence-electron chi connectivity index (χ0n) is 17.1. The van der Waals surface area contributed by atoms with Gasteiger partial charge >= 0.3 is 0 Å². The van der Waals surface area contributed by atoms with Gasteiger partial charge in [0.05, 0.1) is 30.6 Å². The van der Waals surface area contributed by atoms with Crippen molar-refractivity contribution in [2.24, 2.45) is 0 Å². The first-order chi connectivity index (χ1) is 14.1. The summed E-state index contributed by atoms with van der Waals surface area (Å²) in [7, 11) is 0. The third-order valence-corrected chi connectivity index (χ3v) is 5.80. The smallest absolute Gasteiger partial charge is 0.134 e. The number of anilines is 1. The molecule has 6 heteroatoms. The Balaban J connectivity index is 1.71. The van der Waals surface area contributed by atoms with Gasteiger partial charge in [0.15, 0.2) is 0 Å². The highest BCUT2D eigenvalue weighted by molar-refractivity contribution is 5.79. The van der Waals surface area contributed by atoms with Gasteiger partial charge in [0, 0.05) is 18.2 Å². The van der Waals surface area contributed by atoms with Crippen LogP contribution in [-0.4, -0.2) is 45.5 Å². The summed E-state index contributed by atoms with van der Waals surface area (Å²) < 4.78 is 7.74. The molecule has 0 bridgehead atoms. The fourth-order valence-electron chi connectivity index (χ4n) is 4.34. The SMILES string of the molecule is Cc1nnc(C)n1-c1cc(-c2cccc3c2C=CC3)nc(N2CCOC[C@H]2C)c1. The lowest BCUT2D eigenvalue weighted by Crippen LogP contribution is -2.44. The molecule has 0 spiro atoms. The minimum absolute atomic E-state index is 0.281. The Morgan fingerprint density at radius 1 is 1.10 bits per heavy atom. The van der Waals surface area contributed by atoms with Gasteiger partial charge in [-0.25, -0.2) is 4.98 Å². The van der Waals surface area contributed by atoms with Crippen LogP contribution in [0.4, 0.5) is 5.82 Å². The van der Waals surface area contributed by atoms with Crippen molar-refractivity contribution >= 4 is 11.9 Å². The number of morpholine rings is 1. The van der Waals surface area contributed by atoms with Gasteiger partial charge in [0.1, 0.15) is 17.5 Å². The topological polar surface area (TPSA) is 56.1 Å². The van der Waals surface area contributed by atoms with Crippen LogP contribution in [0.25, 0.3) is 23.0 Å². The lowest BCUT2D eigenvalue weighted by Gasteiger charge is -2.34. The van der Waals surface area contributed by atoms with Crippen molar-refractivity contribution in [3.8, 4) is 16.9 Å². The van der Waals surface area contributed by atoms with E-state index >= 15 is 0 Å². The molecule has 3 heterocycles. The summed E-state index contributed by atoms with van der Waals surface area (Å²) in [5, 5.41) is 8.52. The Hall–Kier alpha value is -2.99. The maximum absolute atomic E-state index is 5.65. The van der Waals surface area contributed by atoms with Gasteiger partial charge in [-0.15, -0.1) is 10.2 Å². The van der Waals surface area contributed by atoms with Gasteiger partial charge in [0.2, 0.25) is 0 Å². The van der Waals surface area contributed by atoms with Gasteiger partial charge in [-0.2, -0.15) is 0 Å². The molecule has 0 N–H and O–H groups in total. The van der Waals surface area contributed by atoms with Crippen LogP contribution in [0, 0.1) is 13.8 Å². The van der Waals surface area contributed by atoms with Crippen LogP contribution in [0.2, 0.25) is 0 Å². The van der Waals surface area contributed by atoms with Gasteiger partial charge in [-0.1, -0.05) is 30.4 Å². The van der Waals surface area contributed by atoms with Gasteiger partial charge in [-0.3, -0.25) is 4.57 Å². The number of hydrogen-bond donors (Lipinski definition) is 0. The van der Waals surface area contributed by atoms with E-state index in [-0.39, 0.29) is 6.04 Å². The minimum atomic E-state index is 0.281. The molecule has 6 nitrogen and oxygen atoms in total. The number of nitrogens with zero attached hydrogens (tertiary/aromatic N) is 5. The summed E-state index contributed by atoms with van der Waals surface area (Å²) >= 11 is 0. The van der Waals surface area contributed by atoms with Crippen molar-refractivity contribution in [1.82, 2.24) is 19.7 Å². The maximum atomic E-state index is 5.65. The summed E-state index contributed by atoms with van der Waals surface area (Å²) in [5.74, 6) is 2.72. The lowest BCUT2D eigenvalue weighted by molar-refractivity contribution is 0.0985. The number of aryl methyl sites for hydroxylation is 2. The monoisotopic (exact) mass is 387 g/mol. The maximum Gasteiger partial charge on any atom is 0.134 e. The number of hydrogen-bond acceptors (Lipinski definition) is 5. The van der Waals surface area contributed by atoms with Crippen LogP contribution < -0.4 is 4.90 Å². The standard InChI is InChI=1S/C23H25N5O/c1-15-14-29-11-10-27(15)23-13-19(28-16(2)25-26-17(28)3)12-22(24-23)21-9-5-7-18-6-4-8-20(18)21/h4-5,7-9,12-13,15H,6,10-11,14H2,1-3H3/t15-/m1/s1. The first kappa shape index (κ1) is 18.1. The van der Waals surface area contributed by atoms with Crippen LogP contribution in [0.1, 0.15) is 29.7 Å². The average Bonchev–Trinajstić information content (AvgIpc) is 3.34. The fourth-order valence-corrected chi connectivity index (χ4v) is 4.34. The third-order valence-electron chi connectivity index (χ3n) is 5.80. The number of rotatable bonds is 3. The molecule has 148 valence electrons. The highest BCUT2D eigenvalue weighted by atomic mass is 16.5. The molecule has 3 aromatic rings. The number of benzene rings is 1. The second kappa shape index (κ2) is 7.12. The summed E-state index contributed by atoms with van der Waals surface area (Å²) in [6.07, 6.45) is 5.42. The molecule has 29 heavy (non-hydrogen) atoms. The highest BCUT2D eigenvalue weighted by Gasteiger charge is 2.23. The number of pyridine rings is 1. The Morgan fingerprint density at radius 2 is 1.93 bits per heavy atom. The molecule has 1 aliphatic carbocycles. The molecule has 0 radical (unpaired) electrons. The quantitative estimate of drug-likeness (QED) is 0.685. The first-order valence-corrected chi connectivity index (χ1v) is 10.2. The van der Waals surface area contributed by atoms with Crippen LogP contribution in [-0.2, 0) is 11.2 Å². The zero-order chi connectivity index (χ0) is 20.0. The zero-order valence-corrected chi connectivity index (χ0v) is 17.1. The Bertz CT molecular complexity index is 1080. The van der Waals surface area contributed by atoms with E-state index in [1.165, 1.54) is 16.7 Å². The molecule has 5 rings (SSSR count). The summed E-state index contributed by atoms with van der Waals surface area (Å²) in [6.45, 7) is 8.44. The van der Waals surface area contributed by atoms with Crippen molar-refractivity contribution in [2.45, 2.75) is 33.2 Å². The van der Waals surface area contributed by atoms with Crippen molar-refractivity contribution in [3.05, 3.63) is 59.2 Å². The van der Waals surface area contributed by atoms with Crippen molar-refractivity contribution in [2.75, 3.05) is 24.7 Å². The number of ether oxygens (including phenoxy) is 1. The molecular formula is C23H25N5O. The van der Waals surface area contributed by atoms with E-state index in [9.17, 15) is 0 Å². The third kappa shape index (κ3) is 3.13. The molecule has 1 aromatic carbocycles. The fraction of sp³-hybridized carbons (Fsp3) is 0.348. The van der Waals surface area contributed by atoms with E-state index in [0.717, 1.165) is 55.0 Å². The Labute approximate surface area is 170 Å². The second-order valence-corrected chi connectivity index (χ2v) is 7.80. The summed E-state index contributed by atoms with van der Waals surface area (Å²) in [6, 6.07) is 11.1. The molecule has 1 aliphatic heterocycles. The lowest BCUT2D eigenvalue weighted by atomic mass is 10.00. The van der Waals surface area contributed by atoms with Crippen molar-refractivity contribution < 1.29 is 4.74 Å². The molecule has 0 unspecified atom stereocenters. The van der Waals surface area contributed by atoms with E-state index in [4.69, 9.17) is 9.72 Å². The number of aromatic nitrogens is 4. The molecule has 1 fully saturated rings. The van der Waals surface area contributed by atoms with Gasteiger partial charge in [-0.05, 0) is 44.4 Å². The molecule has 0 amide bonds. The molecule has 2 aliphatic rings. The van der Waals surface area contributed by atoms with Crippen LogP contribution in [0.15, 0.2) is 36.4 Å². The predicted octanol–water partition coefficient (Wildman–Crippen LogP) is 3.74. The van der Waals surface area contributed by atoms with Crippen LogP contribution >= 0.6 is 0 Å². The van der Waals surface area contributed by atoms with Gasteiger partial charge in [0.25, 0.3) is 0 Å². The Kier molecular flexibility index (Phi) is 4.43. The minimum Gasteiger partial charge on any atom is -0.377 e. The summed E-state index contributed by atoms with van der Waals surface area (Å²) in [5.41, 5.74) is 5.82. The normalized spacial score (nSPS) is 18.3. The molecule has 2 aromatic heterocycles. The first-order valence-electron chi connectivity index (χ1n) is 10.2. The largest absolute Gasteiger partial charge is 0.377 e. The molecule has 1 atom stereocenters. The molecule has 0 saturated carbocycles. The number of allylic oxidation sites excluding steroid dienone is 1. The van der Waals surface area contributed by atoms with Crippen LogP contribution in [0.5, 0.6) is 0 Å². The van der Waals surface area contributed by atoms with Crippen molar-refractivity contribution in [3.63, 3.8) is 0 Å². The van der Waals surface area contributed by atoms with E-state index in [1.54, 1.807) is 0 Å². The number of fused-ring (bicyclic) bond motifs is 1. The predicted molar refractivity (Wildman–Crippen MR) is 114 cm³/mol. The van der Waals surface area contributed by atoms with E-state index in [1.807, 2.05) is 13.8 Å². The second-order valence-electron chi connectivity index (χ2n) is 7.80. The van der Waals surface area contributed by atoms with E-state index in [2.05, 4.69) is 69.1 Å². The van der Waals surface area contributed by atoms with E-state index < -0.39 is 0 Å².